The first-order chi connectivity index (χ1) is 9.43. The van der Waals surface area contributed by atoms with E-state index in [4.69, 9.17) is 5.73 Å². The maximum absolute atomic E-state index is 12.3. The number of aryl methyl sites for hydroxylation is 2. The molecule has 2 rings (SSSR count). The van der Waals surface area contributed by atoms with Gasteiger partial charge in [-0.05, 0) is 43.9 Å². The first-order valence-electron chi connectivity index (χ1n) is 7.11. The number of hydrogen-bond acceptors (Lipinski definition) is 3. The lowest BCUT2D eigenvalue weighted by Crippen LogP contribution is -2.35. The van der Waals surface area contributed by atoms with E-state index in [0.717, 1.165) is 19.5 Å². The maximum Gasteiger partial charge on any atom is 0.232 e. The molecule has 1 aromatic rings. The lowest BCUT2D eigenvalue weighted by atomic mass is 9.90. The molecular formula is C16H24N2OS. The number of amides is 1. The molecule has 1 saturated heterocycles. The van der Waals surface area contributed by atoms with E-state index in [0.29, 0.717) is 12.3 Å². The van der Waals surface area contributed by atoms with E-state index in [1.807, 2.05) is 4.90 Å². The Bertz CT molecular complexity index is 503. The van der Waals surface area contributed by atoms with Crippen molar-refractivity contribution in [3.05, 3.63) is 29.3 Å². The topological polar surface area (TPSA) is 46.3 Å². The summed E-state index contributed by atoms with van der Waals surface area (Å²) in [5, 5.41) is 0. The summed E-state index contributed by atoms with van der Waals surface area (Å²) < 4.78 is 0. The fourth-order valence-electron chi connectivity index (χ4n) is 2.60. The van der Waals surface area contributed by atoms with Gasteiger partial charge in [-0.15, -0.1) is 11.8 Å². The monoisotopic (exact) mass is 292 g/mol. The molecule has 1 aromatic carbocycles. The van der Waals surface area contributed by atoms with Crippen LogP contribution in [0.15, 0.2) is 23.1 Å². The molecule has 0 saturated carbocycles. The number of hydrogen-bond donors (Lipinski definition) is 1. The molecule has 20 heavy (non-hydrogen) atoms. The van der Waals surface area contributed by atoms with Crippen molar-refractivity contribution in [1.29, 1.82) is 0 Å². The second kappa shape index (κ2) is 6.19. The van der Waals surface area contributed by atoms with Crippen LogP contribution in [0.25, 0.3) is 0 Å². The van der Waals surface area contributed by atoms with Crippen LogP contribution in [0.3, 0.4) is 0 Å². The van der Waals surface area contributed by atoms with Crippen molar-refractivity contribution in [1.82, 2.24) is 4.90 Å². The summed E-state index contributed by atoms with van der Waals surface area (Å²) in [5.41, 5.74) is 8.40. The molecule has 0 bridgehead atoms. The van der Waals surface area contributed by atoms with Crippen LogP contribution in [-0.2, 0) is 4.79 Å². The van der Waals surface area contributed by atoms with Crippen LogP contribution in [0.5, 0.6) is 0 Å². The summed E-state index contributed by atoms with van der Waals surface area (Å²) in [6, 6.07) is 6.37. The zero-order valence-corrected chi connectivity index (χ0v) is 13.4. The number of nitrogens with zero attached hydrogens (tertiary/aromatic N) is 1. The van der Waals surface area contributed by atoms with Crippen molar-refractivity contribution in [2.75, 3.05) is 25.4 Å². The van der Waals surface area contributed by atoms with Gasteiger partial charge in [0, 0.05) is 18.0 Å². The van der Waals surface area contributed by atoms with Crippen LogP contribution >= 0.6 is 11.8 Å². The normalized spacial score (nSPS) is 22.3. The predicted octanol–water partition coefficient (Wildman–Crippen LogP) is 2.59. The number of nitrogens with two attached hydrogens (primary N) is 1. The quantitative estimate of drug-likeness (QED) is 0.868. The van der Waals surface area contributed by atoms with Crippen LogP contribution in [0.1, 0.15) is 24.5 Å². The SMILES string of the molecule is Cc1ccc(SCC(=O)N2CCC(C)(CN)C2)c(C)c1. The molecule has 1 amide bonds. The average Bonchev–Trinajstić information content (AvgIpc) is 2.81. The van der Waals surface area contributed by atoms with E-state index in [9.17, 15) is 4.79 Å². The molecule has 1 aliphatic rings. The highest BCUT2D eigenvalue weighted by Gasteiger charge is 2.34. The molecule has 2 N–H and O–H groups in total. The van der Waals surface area contributed by atoms with Crippen LogP contribution < -0.4 is 5.73 Å². The average molecular weight is 292 g/mol. The minimum atomic E-state index is 0.111. The molecule has 0 radical (unpaired) electrons. The number of rotatable bonds is 4. The van der Waals surface area contributed by atoms with Crippen molar-refractivity contribution < 1.29 is 4.79 Å². The van der Waals surface area contributed by atoms with Crippen LogP contribution in [0.2, 0.25) is 0 Å². The number of thioether (sulfide) groups is 1. The zero-order valence-electron chi connectivity index (χ0n) is 12.6. The van der Waals surface area contributed by atoms with Gasteiger partial charge in [0.05, 0.1) is 5.75 Å². The molecular weight excluding hydrogens is 268 g/mol. The van der Waals surface area contributed by atoms with Crippen LogP contribution in [0, 0.1) is 19.3 Å². The summed E-state index contributed by atoms with van der Waals surface area (Å²) in [7, 11) is 0. The van der Waals surface area contributed by atoms with Gasteiger partial charge in [0.25, 0.3) is 0 Å². The summed E-state index contributed by atoms with van der Waals surface area (Å²) in [6.45, 7) is 8.65. The second-order valence-electron chi connectivity index (χ2n) is 6.14. The van der Waals surface area contributed by atoms with Crippen molar-refractivity contribution in [3.63, 3.8) is 0 Å². The number of likely N-dealkylation sites (tertiary alicyclic amines) is 1. The Morgan fingerprint density at radius 2 is 2.20 bits per heavy atom. The maximum atomic E-state index is 12.3. The predicted molar refractivity (Wildman–Crippen MR) is 85.0 cm³/mol. The molecule has 1 unspecified atom stereocenters. The molecule has 4 heteroatoms. The van der Waals surface area contributed by atoms with Gasteiger partial charge in [0.15, 0.2) is 0 Å². The van der Waals surface area contributed by atoms with Gasteiger partial charge >= 0.3 is 0 Å². The number of carbonyl (C=O) groups excluding carboxylic acids is 1. The Balaban J connectivity index is 1.90. The standard InChI is InChI=1S/C16H24N2OS/c1-12-4-5-14(13(2)8-12)20-9-15(19)18-7-6-16(3,10-17)11-18/h4-5,8H,6-7,9-11,17H2,1-3H3. The minimum absolute atomic E-state index is 0.111. The summed E-state index contributed by atoms with van der Waals surface area (Å²) in [6.07, 6.45) is 1.02. The summed E-state index contributed by atoms with van der Waals surface area (Å²) in [4.78, 5) is 15.4. The minimum Gasteiger partial charge on any atom is -0.341 e. The van der Waals surface area contributed by atoms with E-state index in [1.54, 1.807) is 11.8 Å². The second-order valence-corrected chi connectivity index (χ2v) is 7.15. The van der Waals surface area contributed by atoms with E-state index >= 15 is 0 Å². The van der Waals surface area contributed by atoms with Gasteiger partial charge in [0.2, 0.25) is 5.91 Å². The lowest BCUT2D eigenvalue weighted by molar-refractivity contribution is -0.127. The van der Waals surface area contributed by atoms with Crippen molar-refractivity contribution in [2.24, 2.45) is 11.1 Å². The Morgan fingerprint density at radius 1 is 1.45 bits per heavy atom. The highest BCUT2D eigenvalue weighted by Crippen LogP contribution is 2.30. The molecule has 110 valence electrons. The zero-order chi connectivity index (χ0) is 14.8. The molecule has 0 spiro atoms. The van der Waals surface area contributed by atoms with Crippen molar-refractivity contribution >= 4 is 17.7 Å². The van der Waals surface area contributed by atoms with Crippen LogP contribution in [-0.4, -0.2) is 36.2 Å². The van der Waals surface area contributed by atoms with E-state index in [-0.39, 0.29) is 11.3 Å². The molecule has 1 aliphatic heterocycles. The Morgan fingerprint density at radius 3 is 2.80 bits per heavy atom. The molecule has 3 nitrogen and oxygen atoms in total. The van der Waals surface area contributed by atoms with Crippen molar-refractivity contribution in [3.8, 4) is 0 Å². The molecule has 0 aromatic heterocycles. The van der Waals surface area contributed by atoms with Gasteiger partial charge in [-0.1, -0.05) is 24.6 Å². The van der Waals surface area contributed by atoms with E-state index in [2.05, 4.69) is 39.0 Å². The van der Waals surface area contributed by atoms with Gasteiger partial charge in [0.1, 0.15) is 0 Å². The summed E-state index contributed by atoms with van der Waals surface area (Å²) >= 11 is 1.64. The molecule has 1 atom stereocenters. The number of benzene rings is 1. The molecule has 0 aliphatic carbocycles. The summed E-state index contributed by atoms with van der Waals surface area (Å²) in [5.74, 6) is 0.747. The Labute approximate surface area is 125 Å². The Kier molecular flexibility index (Phi) is 4.76. The molecule has 1 fully saturated rings. The highest BCUT2D eigenvalue weighted by atomic mass is 32.2. The third-order valence-electron chi connectivity index (χ3n) is 4.08. The lowest BCUT2D eigenvalue weighted by Gasteiger charge is -2.22. The van der Waals surface area contributed by atoms with E-state index < -0.39 is 0 Å². The van der Waals surface area contributed by atoms with Gasteiger partial charge < -0.3 is 10.6 Å². The fourth-order valence-corrected chi connectivity index (χ4v) is 3.51. The fraction of sp³-hybridized carbons (Fsp3) is 0.562. The number of carbonyl (C=O) groups is 1. The largest absolute Gasteiger partial charge is 0.341 e. The van der Waals surface area contributed by atoms with Gasteiger partial charge in [-0.3, -0.25) is 4.79 Å². The Hall–Kier alpha value is -1.00. The van der Waals surface area contributed by atoms with Gasteiger partial charge in [-0.2, -0.15) is 0 Å². The molecule has 1 heterocycles. The third-order valence-corrected chi connectivity index (χ3v) is 5.25. The smallest absolute Gasteiger partial charge is 0.232 e. The highest BCUT2D eigenvalue weighted by molar-refractivity contribution is 8.00. The van der Waals surface area contributed by atoms with Crippen molar-refractivity contribution in [2.45, 2.75) is 32.1 Å². The van der Waals surface area contributed by atoms with Gasteiger partial charge in [-0.25, -0.2) is 0 Å². The first kappa shape index (κ1) is 15.4. The van der Waals surface area contributed by atoms with E-state index in [1.165, 1.54) is 16.0 Å². The first-order valence-corrected chi connectivity index (χ1v) is 8.10. The van der Waals surface area contributed by atoms with Crippen LogP contribution in [0.4, 0.5) is 0 Å². The third kappa shape index (κ3) is 3.55.